The molecule has 1 aromatic heterocycles. The molecule has 1 aromatic rings. The van der Waals surface area contributed by atoms with Gasteiger partial charge in [0.15, 0.2) is 0 Å². The molecular weight excluding hydrogens is 192 g/mol. The van der Waals surface area contributed by atoms with Gasteiger partial charge < -0.3 is 0 Å². The van der Waals surface area contributed by atoms with Gasteiger partial charge in [-0.2, -0.15) is 11.8 Å². The molecular formula is C8H11ClN2S. The monoisotopic (exact) mass is 202 g/mol. The van der Waals surface area contributed by atoms with E-state index in [-0.39, 0.29) is 0 Å². The molecule has 1 rings (SSSR count). The van der Waals surface area contributed by atoms with Crippen molar-refractivity contribution in [2.24, 2.45) is 0 Å². The molecule has 0 aliphatic rings. The molecule has 0 saturated heterocycles. The Labute approximate surface area is 81.8 Å². The number of hydrogen-bond acceptors (Lipinski definition) is 3. The number of nitrogens with zero attached hydrogens (tertiary/aromatic N) is 2. The van der Waals surface area contributed by atoms with Gasteiger partial charge in [-0.05, 0) is 18.2 Å². The Morgan fingerprint density at radius 3 is 2.75 bits per heavy atom. The Morgan fingerprint density at radius 1 is 1.33 bits per heavy atom. The van der Waals surface area contributed by atoms with E-state index in [4.69, 9.17) is 11.6 Å². The lowest BCUT2D eigenvalue weighted by atomic mass is 10.6. The minimum absolute atomic E-state index is 0.739. The van der Waals surface area contributed by atoms with E-state index in [1.54, 1.807) is 12.4 Å². The smallest absolute Gasteiger partial charge is 0.138 e. The van der Waals surface area contributed by atoms with Gasteiger partial charge in [-0.1, -0.05) is 0 Å². The van der Waals surface area contributed by atoms with E-state index >= 15 is 0 Å². The molecule has 66 valence electrons. The zero-order valence-corrected chi connectivity index (χ0v) is 8.31. The van der Waals surface area contributed by atoms with Crippen LogP contribution in [-0.4, -0.2) is 21.6 Å². The zero-order chi connectivity index (χ0) is 8.65. The fourth-order valence-electron chi connectivity index (χ4n) is 0.725. The van der Waals surface area contributed by atoms with Crippen LogP contribution in [0.5, 0.6) is 0 Å². The largest absolute Gasteiger partial charge is 0.240 e. The first-order chi connectivity index (χ1) is 5.93. The van der Waals surface area contributed by atoms with Crippen molar-refractivity contribution in [3.63, 3.8) is 0 Å². The van der Waals surface area contributed by atoms with Crippen LogP contribution < -0.4 is 0 Å². The van der Waals surface area contributed by atoms with Crippen LogP contribution in [0.15, 0.2) is 18.5 Å². The van der Waals surface area contributed by atoms with Gasteiger partial charge in [0.25, 0.3) is 0 Å². The molecule has 0 radical (unpaired) electrons. The molecule has 1 heterocycles. The Bertz CT molecular complexity index is 205. The van der Waals surface area contributed by atoms with Crippen molar-refractivity contribution < 1.29 is 0 Å². The van der Waals surface area contributed by atoms with E-state index in [2.05, 4.69) is 9.97 Å². The highest BCUT2D eigenvalue weighted by atomic mass is 35.5. The summed E-state index contributed by atoms with van der Waals surface area (Å²) >= 11 is 7.36. The van der Waals surface area contributed by atoms with E-state index in [0.29, 0.717) is 0 Å². The predicted octanol–water partition coefficient (Wildman–Crippen LogP) is 2.34. The van der Waals surface area contributed by atoms with Crippen molar-refractivity contribution in [2.45, 2.75) is 12.2 Å². The second-order valence-corrected chi connectivity index (χ2v) is 3.74. The molecule has 0 N–H and O–H groups in total. The van der Waals surface area contributed by atoms with Crippen molar-refractivity contribution in [3.8, 4) is 0 Å². The summed E-state index contributed by atoms with van der Waals surface area (Å²) in [5.74, 6) is 3.61. The second-order valence-electron chi connectivity index (χ2n) is 2.26. The Hall–Kier alpha value is -0.280. The van der Waals surface area contributed by atoms with Gasteiger partial charge in [-0.3, -0.25) is 0 Å². The molecule has 0 atom stereocenters. The van der Waals surface area contributed by atoms with Crippen molar-refractivity contribution in [2.75, 3.05) is 11.6 Å². The summed E-state index contributed by atoms with van der Waals surface area (Å²) in [6.45, 7) is 0. The maximum atomic E-state index is 5.54. The average Bonchev–Trinajstić information content (AvgIpc) is 2.14. The molecule has 0 bridgehead atoms. The molecule has 0 fully saturated rings. The number of alkyl halides is 1. The van der Waals surface area contributed by atoms with Gasteiger partial charge in [0.05, 0.1) is 5.75 Å². The first-order valence-electron chi connectivity index (χ1n) is 3.83. The molecule has 0 saturated carbocycles. The van der Waals surface area contributed by atoms with E-state index in [0.717, 1.165) is 29.6 Å². The highest BCUT2D eigenvalue weighted by Crippen LogP contribution is 2.08. The molecule has 0 spiro atoms. The van der Waals surface area contributed by atoms with Crippen LogP contribution in [0.2, 0.25) is 0 Å². The lowest BCUT2D eigenvalue weighted by Crippen LogP contribution is -1.91. The lowest BCUT2D eigenvalue weighted by molar-refractivity contribution is 1.03. The van der Waals surface area contributed by atoms with Gasteiger partial charge in [-0.25, -0.2) is 9.97 Å². The van der Waals surface area contributed by atoms with Gasteiger partial charge >= 0.3 is 0 Å². The van der Waals surface area contributed by atoms with Crippen LogP contribution in [0.4, 0.5) is 0 Å². The van der Waals surface area contributed by atoms with Crippen LogP contribution in [0.1, 0.15) is 12.2 Å². The number of halogens is 1. The number of hydrogen-bond donors (Lipinski definition) is 0. The molecule has 0 unspecified atom stereocenters. The fraction of sp³-hybridized carbons (Fsp3) is 0.500. The highest BCUT2D eigenvalue weighted by molar-refractivity contribution is 7.98. The van der Waals surface area contributed by atoms with Crippen molar-refractivity contribution in [1.29, 1.82) is 0 Å². The standard InChI is InChI=1S/C8H11ClN2S/c9-3-1-6-12-7-8-10-4-2-5-11-8/h2,4-5H,1,3,6-7H2. The van der Waals surface area contributed by atoms with Crippen molar-refractivity contribution >= 4 is 23.4 Å². The summed E-state index contributed by atoms with van der Waals surface area (Å²) in [6, 6.07) is 1.83. The van der Waals surface area contributed by atoms with Crippen molar-refractivity contribution in [1.82, 2.24) is 9.97 Å². The summed E-state index contributed by atoms with van der Waals surface area (Å²) in [5.41, 5.74) is 0. The van der Waals surface area contributed by atoms with Gasteiger partial charge in [-0.15, -0.1) is 11.6 Å². The molecule has 0 aliphatic carbocycles. The molecule has 0 aliphatic heterocycles. The maximum absolute atomic E-state index is 5.54. The van der Waals surface area contributed by atoms with Crippen molar-refractivity contribution in [3.05, 3.63) is 24.3 Å². The van der Waals surface area contributed by atoms with Crippen LogP contribution in [0, 0.1) is 0 Å². The third-order valence-electron chi connectivity index (χ3n) is 1.27. The average molecular weight is 203 g/mol. The summed E-state index contributed by atoms with van der Waals surface area (Å²) < 4.78 is 0. The fourth-order valence-corrected chi connectivity index (χ4v) is 1.84. The first kappa shape index (κ1) is 9.81. The summed E-state index contributed by atoms with van der Waals surface area (Å²) in [4.78, 5) is 8.22. The number of thioether (sulfide) groups is 1. The number of aromatic nitrogens is 2. The molecule has 0 amide bonds. The number of rotatable bonds is 5. The SMILES string of the molecule is ClCCCSCc1ncccn1. The summed E-state index contributed by atoms with van der Waals surface area (Å²) in [7, 11) is 0. The topological polar surface area (TPSA) is 25.8 Å². The molecule has 2 nitrogen and oxygen atoms in total. The maximum Gasteiger partial charge on any atom is 0.138 e. The molecule has 12 heavy (non-hydrogen) atoms. The summed E-state index contributed by atoms with van der Waals surface area (Å²) in [5, 5.41) is 0. The van der Waals surface area contributed by atoms with Crippen LogP contribution in [0.3, 0.4) is 0 Å². The van der Waals surface area contributed by atoms with Gasteiger partial charge in [0.1, 0.15) is 5.82 Å². The normalized spacial score (nSPS) is 10.1. The molecule has 4 heteroatoms. The Morgan fingerprint density at radius 2 is 2.08 bits per heavy atom. The Balaban J connectivity index is 2.16. The summed E-state index contributed by atoms with van der Waals surface area (Å²) in [6.07, 6.45) is 4.59. The minimum Gasteiger partial charge on any atom is -0.240 e. The van der Waals surface area contributed by atoms with Crippen LogP contribution in [0.25, 0.3) is 0 Å². The van der Waals surface area contributed by atoms with Gasteiger partial charge in [0, 0.05) is 18.3 Å². The predicted molar refractivity (Wildman–Crippen MR) is 53.5 cm³/mol. The third-order valence-corrected chi connectivity index (χ3v) is 2.58. The van der Waals surface area contributed by atoms with E-state index in [1.165, 1.54) is 0 Å². The molecule has 0 aromatic carbocycles. The second kappa shape index (κ2) is 6.26. The zero-order valence-electron chi connectivity index (χ0n) is 6.74. The van der Waals surface area contributed by atoms with E-state index in [9.17, 15) is 0 Å². The Kier molecular flexibility index (Phi) is 5.11. The van der Waals surface area contributed by atoms with E-state index < -0.39 is 0 Å². The third kappa shape index (κ3) is 3.93. The minimum atomic E-state index is 0.739. The first-order valence-corrected chi connectivity index (χ1v) is 5.52. The van der Waals surface area contributed by atoms with Crippen LogP contribution in [-0.2, 0) is 5.75 Å². The van der Waals surface area contributed by atoms with Crippen LogP contribution >= 0.6 is 23.4 Å². The quantitative estimate of drug-likeness (QED) is 0.542. The van der Waals surface area contributed by atoms with Gasteiger partial charge in [0.2, 0.25) is 0 Å². The van der Waals surface area contributed by atoms with E-state index in [1.807, 2.05) is 17.8 Å². The lowest BCUT2D eigenvalue weighted by Gasteiger charge is -1.97. The highest BCUT2D eigenvalue weighted by Gasteiger charge is 1.93.